The summed E-state index contributed by atoms with van der Waals surface area (Å²) in [4.78, 5) is 11.3. The molecule has 4 nitrogen and oxygen atoms in total. The van der Waals surface area contributed by atoms with E-state index in [0.717, 1.165) is 28.5 Å². The molecule has 2 unspecified atom stereocenters. The van der Waals surface area contributed by atoms with Gasteiger partial charge in [-0.15, -0.1) is 0 Å². The van der Waals surface area contributed by atoms with Crippen LogP contribution in [-0.2, 0) is 11.2 Å². The maximum absolute atomic E-state index is 11.3. The Morgan fingerprint density at radius 2 is 2.22 bits per heavy atom. The van der Waals surface area contributed by atoms with Gasteiger partial charge >= 0.3 is 0 Å². The molecule has 0 aromatic heterocycles. The minimum Gasteiger partial charge on any atom is -0.397 e. The second-order valence-corrected chi connectivity index (χ2v) is 5.58. The highest BCUT2D eigenvalue weighted by molar-refractivity contribution is 6.00. The van der Waals surface area contributed by atoms with Gasteiger partial charge in [-0.3, -0.25) is 4.79 Å². The third kappa shape index (κ3) is 2.03. The molecule has 1 amide bonds. The fourth-order valence-electron chi connectivity index (χ4n) is 2.98. The maximum atomic E-state index is 11.3. The van der Waals surface area contributed by atoms with Gasteiger partial charge in [0.25, 0.3) is 0 Å². The number of hydrogen-bond acceptors (Lipinski definition) is 3. The van der Waals surface area contributed by atoms with Crippen LogP contribution in [0.1, 0.15) is 31.7 Å². The molecule has 0 bridgehead atoms. The molecule has 3 rings (SSSR count). The van der Waals surface area contributed by atoms with Crippen molar-refractivity contribution in [3.05, 3.63) is 17.7 Å². The van der Waals surface area contributed by atoms with E-state index in [0.29, 0.717) is 12.5 Å². The van der Waals surface area contributed by atoms with Crippen molar-refractivity contribution in [2.45, 2.75) is 38.6 Å². The number of rotatable bonds is 2. The number of nitrogen functional groups attached to an aromatic ring is 1. The van der Waals surface area contributed by atoms with Gasteiger partial charge in [0.15, 0.2) is 0 Å². The van der Waals surface area contributed by atoms with Crippen molar-refractivity contribution in [3.63, 3.8) is 0 Å². The summed E-state index contributed by atoms with van der Waals surface area (Å²) in [6, 6.07) is 4.39. The smallest absolute Gasteiger partial charge is 0.228 e. The zero-order valence-corrected chi connectivity index (χ0v) is 10.6. The summed E-state index contributed by atoms with van der Waals surface area (Å²) in [7, 11) is 0. The van der Waals surface area contributed by atoms with Crippen LogP contribution in [0.5, 0.6) is 0 Å². The first-order valence-corrected chi connectivity index (χ1v) is 6.60. The number of nitrogens with one attached hydrogen (secondary N) is 2. The molecular weight excluding hydrogens is 226 g/mol. The number of nitrogens with two attached hydrogens (primary N) is 1. The first kappa shape index (κ1) is 11.4. The van der Waals surface area contributed by atoms with E-state index in [9.17, 15) is 4.79 Å². The predicted octanol–water partition coefficient (Wildman–Crippen LogP) is 2.36. The highest BCUT2D eigenvalue weighted by atomic mass is 16.1. The van der Waals surface area contributed by atoms with Crippen LogP contribution in [0.25, 0.3) is 0 Å². The minimum atomic E-state index is 0.0519. The van der Waals surface area contributed by atoms with Crippen LogP contribution < -0.4 is 16.4 Å². The molecule has 4 heteroatoms. The lowest BCUT2D eigenvalue weighted by molar-refractivity contribution is -0.115. The van der Waals surface area contributed by atoms with Gasteiger partial charge in [-0.2, -0.15) is 0 Å². The standard InChI is InChI=1S/C14H19N3O/c1-8-2-3-10(4-8)16-13-7-12-9(5-11(13)15)6-14(18)17-12/h5,7-8,10,16H,2-4,6,15H2,1H3,(H,17,18). The fourth-order valence-corrected chi connectivity index (χ4v) is 2.98. The molecule has 4 N–H and O–H groups in total. The van der Waals surface area contributed by atoms with Gasteiger partial charge in [-0.25, -0.2) is 0 Å². The number of anilines is 3. The van der Waals surface area contributed by atoms with Crippen LogP contribution >= 0.6 is 0 Å². The van der Waals surface area contributed by atoms with Crippen LogP contribution in [0, 0.1) is 5.92 Å². The zero-order valence-electron chi connectivity index (χ0n) is 10.6. The first-order valence-electron chi connectivity index (χ1n) is 6.60. The van der Waals surface area contributed by atoms with Gasteiger partial charge in [-0.05, 0) is 42.9 Å². The quantitative estimate of drug-likeness (QED) is 0.701. The van der Waals surface area contributed by atoms with E-state index in [-0.39, 0.29) is 5.91 Å². The van der Waals surface area contributed by atoms with Crippen LogP contribution in [0.2, 0.25) is 0 Å². The van der Waals surface area contributed by atoms with E-state index in [2.05, 4.69) is 17.6 Å². The topological polar surface area (TPSA) is 67.1 Å². The molecule has 0 saturated heterocycles. The number of carbonyl (C=O) groups excluding carboxylic acids is 1. The predicted molar refractivity (Wildman–Crippen MR) is 73.6 cm³/mol. The molecule has 2 atom stereocenters. The molecule has 0 radical (unpaired) electrons. The highest BCUT2D eigenvalue weighted by Crippen LogP contribution is 2.34. The van der Waals surface area contributed by atoms with E-state index in [1.165, 1.54) is 19.3 Å². The SMILES string of the molecule is CC1CCC(Nc2cc3c(cc2N)CC(=O)N3)C1. The zero-order chi connectivity index (χ0) is 12.7. The molecule has 96 valence electrons. The third-order valence-corrected chi connectivity index (χ3v) is 3.95. The summed E-state index contributed by atoms with van der Waals surface area (Å²) in [5.74, 6) is 0.842. The fraction of sp³-hybridized carbons (Fsp3) is 0.500. The molecule has 0 spiro atoms. The molecule has 1 heterocycles. The van der Waals surface area contributed by atoms with E-state index >= 15 is 0 Å². The Morgan fingerprint density at radius 3 is 2.94 bits per heavy atom. The monoisotopic (exact) mass is 245 g/mol. The van der Waals surface area contributed by atoms with Gasteiger partial charge in [0.2, 0.25) is 5.91 Å². The van der Waals surface area contributed by atoms with E-state index in [1.807, 2.05) is 12.1 Å². The lowest BCUT2D eigenvalue weighted by Gasteiger charge is -2.17. The van der Waals surface area contributed by atoms with Gasteiger partial charge in [-0.1, -0.05) is 6.92 Å². The minimum absolute atomic E-state index is 0.0519. The highest BCUT2D eigenvalue weighted by Gasteiger charge is 2.23. The second kappa shape index (κ2) is 4.19. The molecule has 1 fully saturated rings. The normalized spacial score (nSPS) is 25.9. The molecule has 1 aromatic carbocycles. The first-order chi connectivity index (χ1) is 8.61. The molecular formula is C14H19N3O. The van der Waals surface area contributed by atoms with Crippen molar-refractivity contribution in [2.24, 2.45) is 5.92 Å². The van der Waals surface area contributed by atoms with E-state index in [1.54, 1.807) is 0 Å². The third-order valence-electron chi connectivity index (χ3n) is 3.95. The van der Waals surface area contributed by atoms with Gasteiger partial charge in [0.05, 0.1) is 17.8 Å². The van der Waals surface area contributed by atoms with E-state index in [4.69, 9.17) is 5.73 Å². The number of hydrogen-bond donors (Lipinski definition) is 3. The van der Waals surface area contributed by atoms with Gasteiger partial charge in [0.1, 0.15) is 0 Å². The number of carbonyl (C=O) groups is 1. The van der Waals surface area contributed by atoms with Crippen molar-refractivity contribution in [1.29, 1.82) is 0 Å². The van der Waals surface area contributed by atoms with Crippen LogP contribution in [0.3, 0.4) is 0 Å². The lowest BCUT2D eigenvalue weighted by Crippen LogP contribution is -2.16. The van der Waals surface area contributed by atoms with Crippen molar-refractivity contribution >= 4 is 23.0 Å². The van der Waals surface area contributed by atoms with Crippen molar-refractivity contribution in [3.8, 4) is 0 Å². The summed E-state index contributed by atoms with van der Waals surface area (Å²) in [6.07, 6.45) is 4.12. The second-order valence-electron chi connectivity index (χ2n) is 5.58. The lowest BCUT2D eigenvalue weighted by atomic mass is 10.1. The Hall–Kier alpha value is -1.71. The number of benzene rings is 1. The van der Waals surface area contributed by atoms with Crippen LogP contribution in [0.15, 0.2) is 12.1 Å². The Bertz CT molecular complexity index is 498. The summed E-state index contributed by atoms with van der Waals surface area (Å²) >= 11 is 0. The summed E-state index contributed by atoms with van der Waals surface area (Å²) in [5, 5.41) is 6.37. The number of fused-ring (bicyclic) bond motifs is 1. The Morgan fingerprint density at radius 1 is 1.39 bits per heavy atom. The molecule has 18 heavy (non-hydrogen) atoms. The maximum Gasteiger partial charge on any atom is 0.228 e. The number of amides is 1. The van der Waals surface area contributed by atoms with Crippen LogP contribution in [0.4, 0.5) is 17.1 Å². The molecule has 1 aliphatic heterocycles. The summed E-state index contributed by atoms with van der Waals surface area (Å²) in [6.45, 7) is 2.29. The average Bonchev–Trinajstić information content (AvgIpc) is 2.85. The van der Waals surface area contributed by atoms with E-state index < -0.39 is 0 Å². The molecule has 1 aliphatic carbocycles. The van der Waals surface area contributed by atoms with Crippen molar-refractivity contribution in [2.75, 3.05) is 16.4 Å². The molecule has 1 aromatic rings. The molecule has 2 aliphatic rings. The van der Waals surface area contributed by atoms with Crippen LogP contribution in [-0.4, -0.2) is 11.9 Å². The van der Waals surface area contributed by atoms with Gasteiger partial charge in [0, 0.05) is 11.7 Å². The van der Waals surface area contributed by atoms with Crippen molar-refractivity contribution in [1.82, 2.24) is 0 Å². The Labute approximate surface area is 107 Å². The summed E-state index contributed by atoms with van der Waals surface area (Å²) in [5.41, 5.74) is 9.65. The van der Waals surface area contributed by atoms with Gasteiger partial charge < -0.3 is 16.4 Å². The molecule has 1 saturated carbocycles. The van der Waals surface area contributed by atoms with Crippen molar-refractivity contribution < 1.29 is 4.79 Å². The Balaban J connectivity index is 1.81. The largest absolute Gasteiger partial charge is 0.397 e. The Kier molecular flexibility index (Phi) is 2.65. The summed E-state index contributed by atoms with van der Waals surface area (Å²) < 4.78 is 0. The average molecular weight is 245 g/mol.